The van der Waals surface area contributed by atoms with Crippen LogP contribution in [0.5, 0.6) is 0 Å². The number of nitrogens with one attached hydrogen (secondary N) is 1. The second kappa shape index (κ2) is 5.89. The van der Waals surface area contributed by atoms with Crippen molar-refractivity contribution in [3.63, 3.8) is 0 Å². The van der Waals surface area contributed by atoms with Gasteiger partial charge in [-0.1, -0.05) is 34.1 Å². The standard InChI is InChI=1S/C15H15BrN2O/c1-10(11-5-7-14(17)8-6-11)18-15(19)12-3-2-4-13(16)9-12/h2-10H,17H2,1H3,(H,18,19). The molecule has 1 atom stereocenters. The summed E-state index contributed by atoms with van der Waals surface area (Å²) in [4.78, 5) is 12.1. The highest BCUT2D eigenvalue weighted by Crippen LogP contribution is 2.16. The predicted octanol–water partition coefficient (Wildman–Crippen LogP) is 3.52. The molecule has 2 aromatic rings. The van der Waals surface area contributed by atoms with Crippen LogP contribution in [0.3, 0.4) is 0 Å². The van der Waals surface area contributed by atoms with Crippen molar-refractivity contribution in [3.05, 3.63) is 64.1 Å². The third kappa shape index (κ3) is 3.58. The van der Waals surface area contributed by atoms with Gasteiger partial charge in [0.2, 0.25) is 0 Å². The van der Waals surface area contributed by atoms with Crippen molar-refractivity contribution < 1.29 is 4.79 Å². The average Bonchev–Trinajstić information content (AvgIpc) is 2.39. The molecule has 0 bridgehead atoms. The van der Waals surface area contributed by atoms with Crippen LogP contribution in [0.1, 0.15) is 28.9 Å². The SMILES string of the molecule is CC(NC(=O)c1cccc(Br)c1)c1ccc(N)cc1. The molecule has 0 heterocycles. The van der Waals surface area contributed by atoms with Gasteiger partial charge in [0.15, 0.2) is 0 Å². The van der Waals surface area contributed by atoms with Gasteiger partial charge in [0.1, 0.15) is 0 Å². The molecule has 19 heavy (non-hydrogen) atoms. The maximum absolute atomic E-state index is 12.1. The lowest BCUT2D eigenvalue weighted by molar-refractivity contribution is 0.0940. The number of anilines is 1. The van der Waals surface area contributed by atoms with Gasteiger partial charge in [-0.25, -0.2) is 0 Å². The fraction of sp³-hybridized carbons (Fsp3) is 0.133. The first-order valence-corrected chi connectivity index (χ1v) is 6.77. The van der Waals surface area contributed by atoms with Crippen LogP contribution < -0.4 is 11.1 Å². The maximum atomic E-state index is 12.1. The zero-order chi connectivity index (χ0) is 13.8. The Labute approximate surface area is 121 Å². The lowest BCUT2D eigenvalue weighted by Crippen LogP contribution is -2.26. The third-order valence-electron chi connectivity index (χ3n) is 2.87. The van der Waals surface area contributed by atoms with E-state index >= 15 is 0 Å². The van der Waals surface area contributed by atoms with E-state index in [9.17, 15) is 4.79 Å². The largest absolute Gasteiger partial charge is 0.399 e. The number of nitrogen functional groups attached to an aromatic ring is 1. The van der Waals surface area contributed by atoms with Gasteiger partial charge in [0.05, 0.1) is 6.04 Å². The number of benzene rings is 2. The molecule has 0 aromatic heterocycles. The number of carbonyl (C=O) groups excluding carboxylic acids is 1. The summed E-state index contributed by atoms with van der Waals surface area (Å²) in [5, 5.41) is 2.96. The van der Waals surface area contributed by atoms with Crippen LogP contribution in [0.2, 0.25) is 0 Å². The molecular formula is C15H15BrN2O. The van der Waals surface area contributed by atoms with Gasteiger partial charge in [0.25, 0.3) is 5.91 Å². The zero-order valence-electron chi connectivity index (χ0n) is 10.6. The van der Waals surface area contributed by atoms with Crippen molar-refractivity contribution in [2.75, 3.05) is 5.73 Å². The fourth-order valence-corrected chi connectivity index (χ4v) is 2.18. The molecule has 0 saturated carbocycles. The Kier molecular flexibility index (Phi) is 4.22. The molecule has 0 aliphatic rings. The lowest BCUT2D eigenvalue weighted by atomic mass is 10.1. The number of hydrogen-bond donors (Lipinski definition) is 2. The van der Waals surface area contributed by atoms with Gasteiger partial charge in [-0.05, 0) is 42.8 Å². The average molecular weight is 319 g/mol. The Morgan fingerprint density at radius 1 is 1.21 bits per heavy atom. The summed E-state index contributed by atoms with van der Waals surface area (Å²) in [6.45, 7) is 1.95. The summed E-state index contributed by atoms with van der Waals surface area (Å²) in [7, 11) is 0. The molecule has 3 N–H and O–H groups in total. The first-order valence-electron chi connectivity index (χ1n) is 5.98. The minimum absolute atomic E-state index is 0.0629. The van der Waals surface area contributed by atoms with E-state index in [0.29, 0.717) is 11.3 Å². The number of amides is 1. The van der Waals surface area contributed by atoms with Crippen LogP contribution in [-0.2, 0) is 0 Å². The summed E-state index contributed by atoms with van der Waals surface area (Å²) in [5.74, 6) is -0.0920. The van der Waals surface area contributed by atoms with Crippen LogP contribution in [0.4, 0.5) is 5.69 Å². The van der Waals surface area contributed by atoms with E-state index in [1.165, 1.54) is 0 Å². The molecule has 2 rings (SSSR count). The number of hydrogen-bond acceptors (Lipinski definition) is 2. The highest BCUT2D eigenvalue weighted by Gasteiger charge is 2.11. The lowest BCUT2D eigenvalue weighted by Gasteiger charge is -2.14. The minimum Gasteiger partial charge on any atom is -0.399 e. The van der Waals surface area contributed by atoms with Gasteiger partial charge in [-0.15, -0.1) is 0 Å². The summed E-state index contributed by atoms with van der Waals surface area (Å²) in [6.07, 6.45) is 0. The molecule has 2 aromatic carbocycles. The van der Waals surface area contributed by atoms with E-state index in [4.69, 9.17) is 5.73 Å². The summed E-state index contributed by atoms with van der Waals surface area (Å²) >= 11 is 3.36. The van der Waals surface area contributed by atoms with Crippen LogP contribution in [0.25, 0.3) is 0 Å². The molecule has 0 fully saturated rings. The highest BCUT2D eigenvalue weighted by atomic mass is 79.9. The molecule has 0 aliphatic carbocycles. The molecule has 0 saturated heterocycles. The van der Waals surface area contributed by atoms with Crippen LogP contribution in [0, 0.1) is 0 Å². The van der Waals surface area contributed by atoms with Crippen LogP contribution in [-0.4, -0.2) is 5.91 Å². The molecule has 4 heteroatoms. The Hall–Kier alpha value is -1.81. The fourth-order valence-electron chi connectivity index (χ4n) is 1.78. The van der Waals surface area contributed by atoms with Crippen LogP contribution in [0.15, 0.2) is 53.0 Å². The monoisotopic (exact) mass is 318 g/mol. The van der Waals surface area contributed by atoms with E-state index < -0.39 is 0 Å². The molecule has 0 radical (unpaired) electrons. The topological polar surface area (TPSA) is 55.1 Å². The molecule has 1 amide bonds. The van der Waals surface area contributed by atoms with Gasteiger partial charge >= 0.3 is 0 Å². The maximum Gasteiger partial charge on any atom is 0.251 e. The van der Waals surface area contributed by atoms with Crippen molar-refractivity contribution >= 4 is 27.5 Å². The first kappa shape index (κ1) is 13.6. The quantitative estimate of drug-likeness (QED) is 0.851. The Bertz CT molecular complexity index is 581. The van der Waals surface area contributed by atoms with Crippen molar-refractivity contribution in [1.29, 1.82) is 0 Å². The Balaban J connectivity index is 2.08. The smallest absolute Gasteiger partial charge is 0.251 e. The number of carbonyl (C=O) groups is 1. The van der Waals surface area contributed by atoms with E-state index in [2.05, 4.69) is 21.2 Å². The second-order valence-electron chi connectivity index (χ2n) is 4.37. The zero-order valence-corrected chi connectivity index (χ0v) is 12.1. The number of halogens is 1. The van der Waals surface area contributed by atoms with Crippen molar-refractivity contribution in [1.82, 2.24) is 5.32 Å². The molecule has 0 aliphatic heterocycles. The first-order chi connectivity index (χ1) is 9.06. The van der Waals surface area contributed by atoms with Crippen molar-refractivity contribution in [3.8, 4) is 0 Å². The highest BCUT2D eigenvalue weighted by molar-refractivity contribution is 9.10. The van der Waals surface area contributed by atoms with Gasteiger partial charge in [-0.3, -0.25) is 4.79 Å². The summed E-state index contributed by atoms with van der Waals surface area (Å²) < 4.78 is 0.889. The molecule has 0 spiro atoms. The predicted molar refractivity (Wildman–Crippen MR) is 80.9 cm³/mol. The number of nitrogens with two attached hydrogens (primary N) is 1. The normalized spacial score (nSPS) is 11.9. The molecule has 1 unspecified atom stereocenters. The van der Waals surface area contributed by atoms with E-state index in [1.807, 2.05) is 43.3 Å². The van der Waals surface area contributed by atoms with Crippen LogP contribution >= 0.6 is 15.9 Å². The van der Waals surface area contributed by atoms with Crippen molar-refractivity contribution in [2.24, 2.45) is 0 Å². The van der Waals surface area contributed by atoms with E-state index in [0.717, 1.165) is 10.0 Å². The molecule has 3 nitrogen and oxygen atoms in total. The van der Waals surface area contributed by atoms with Gasteiger partial charge in [0, 0.05) is 15.7 Å². The van der Waals surface area contributed by atoms with Crippen molar-refractivity contribution in [2.45, 2.75) is 13.0 Å². The van der Waals surface area contributed by atoms with E-state index in [1.54, 1.807) is 12.1 Å². The van der Waals surface area contributed by atoms with Gasteiger partial charge < -0.3 is 11.1 Å². The molecular weight excluding hydrogens is 304 g/mol. The summed E-state index contributed by atoms with van der Waals surface area (Å²) in [6, 6.07) is 14.7. The Morgan fingerprint density at radius 2 is 1.89 bits per heavy atom. The second-order valence-corrected chi connectivity index (χ2v) is 5.29. The number of rotatable bonds is 3. The van der Waals surface area contributed by atoms with Gasteiger partial charge in [-0.2, -0.15) is 0 Å². The van der Waals surface area contributed by atoms with E-state index in [-0.39, 0.29) is 11.9 Å². The Morgan fingerprint density at radius 3 is 2.53 bits per heavy atom. The summed E-state index contributed by atoms with van der Waals surface area (Å²) in [5.41, 5.74) is 8.02. The third-order valence-corrected chi connectivity index (χ3v) is 3.36. The minimum atomic E-state index is -0.0920. The molecule has 98 valence electrons.